The van der Waals surface area contributed by atoms with E-state index in [1.165, 1.54) is 26.5 Å². The molecule has 31 heavy (non-hydrogen) atoms. The molecule has 0 saturated heterocycles. The van der Waals surface area contributed by atoms with Gasteiger partial charge in [-0.15, -0.1) is 0 Å². The summed E-state index contributed by atoms with van der Waals surface area (Å²) in [6.45, 7) is 0.0626. The standard InChI is InChI=1S/C23H20BrFN2O4/c1-29-21-9-7-15(12-22(21)30-2)23(28)27-26-13-17-11-18(24)8-10-20(17)31-14-16-5-3-4-6-19(16)25/h3-13H,14H2,1-2H3,(H,27,28)/b26-13+. The van der Waals surface area contributed by atoms with Gasteiger partial charge in [0.05, 0.1) is 20.4 Å². The Kier molecular flexibility index (Phi) is 7.61. The van der Waals surface area contributed by atoms with Crippen LogP contribution in [0.15, 0.2) is 70.2 Å². The Morgan fingerprint density at radius 3 is 2.52 bits per heavy atom. The van der Waals surface area contributed by atoms with Gasteiger partial charge in [0.15, 0.2) is 11.5 Å². The summed E-state index contributed by atoms with van der Waals surface area (Å²) >= 11 is 3.40. The molecule has 0 aliphatic rings. The van der Waals surface area contributed by atoms with Gasteiger partial charge in [0.25, 0.3) is 5.91 Å². The monoisotopic (exact) mass is 486 g/mol. The van der Waals surface area contributed by atoms with Gasteiger partial charge < -0.3 is 14.2 Å². The summed E-state index contributed by atoms with van der Waals surface area (Å²) in [5.41, 5.74) is 3.88. The number of hydrazone groups is 1. The Bertz CT molecular complexity index is 1100. The third-order valence-electron chi connectivity index (χ3n) is 4.33. The molecule has 3 aromatic carbocycles. The first kappa shape index (κ1) is 22.3. The quantitative estimate of drug-likeness (QED) is 0.361. The molecule has 0 fully saturated rings. The SMILES string of the molecule is COc1ccc(C(=O)N/N=C/c2cc(Br)ccc2OCc2ccccc2F)cc1OC. The summed E-state index contributed by atoms with van der Waals surface area (Å²) in [6, 6.07) is 16.5. The number of carbonyl (C=O) groups is 1. The molecule has 0 radical (unpaired) electrons. The van der Waals surface area contributed by atoms with E-state index in [9.17, 15) is 9.18 Å². The first-order valence-electron chi connectivity index (χ1n) is 9.23. The molecular weight excluding hydrogens is 467 g/mol. The number of benzene rings is 3. The van der Waals surface area contributed by atoms with Crippen molar-refractivity contribution in [1.82, 2.24) is 5.43 Å². The number of nitrogens with zero attached hydrogens (tertiary/aromatic N) is 1. The molecule has 0 bridgehead atoms. The normalized spacial score (nSPS) is 10.7. The number of halogens is 2. The highest BCUT2D eigenvalue weighted by atomic mass is 79.9. The molecule has 0 spiro atoms. The minimum Gasteiger partial charge on any atom is -0.493 e. The van der Waals surface area contributed by atoms with Crippen LogP contribution in [0.5, 0.6) is 17.2 Å². The largest absolute Gasteiger partial charge is 0.493 e. The highest BCUT2D eigenvalue weighted by Gasteiger charge is 2.10. The molecule has 160 valence electrons. The molecule has 0 aliphatic heterocycles. The van der Waals surface area contributed by atoms with Crippen LogP contribution in [0, 0.1) is 5.82 Å². The first-order chi connectivity index (χ1) is 15.0. The average Bonchev–Trinajstić information content (AvgIpc) is 2.79. The summed E-state index contributed by atoms with van der Waals surface area (Å²) in [5, 5.41) is 4.02. The second kappa shape index (κ2) is 10.6. The summed E-state index contributed by atoms with van der Waals surface area (Å²) in [6.07, 6.45) is 1.46. The fourth-order valence-corrected chi connectivity index (χ4v) is 3.10. The fraction of sp³-hybridized carbons (Fsp3) is 0.130. The van der Waals surface area contributed by atoms with Gasteiger partial charge in [-0.1, -0.05) is 34.1 Å². The van der Waals surface area contributed by atoms with Gasteiger partial charge >= 0.3 is 0 Å². The van der Waals surface area contributed by atoms with Crippen LogP contribution < -0.4 is 19.6 Å². The Balaban J connectivity index is 1.71. The number of hydrogen-bond acceptors (Lipinski definition) is 5. The highest BCUT2D eigenvalue weighted by Crippen LogP contribution is 2.27. The van der Waals surface area contributed by atoms with Crippen LogP contribution in [0.25, 0.3) is 0 Å². The average molecular weight is 487 g/mol. The van der Waals surface area contributed by atoms with Crippen molar-refractivity contribution in [3.8, 4) is 17.2 Å². The lowest BCUT2D eigenvalue weighted by molar-refractivity contribution is 0.0954. The van der Waals surface area contributed by atoms with Gasteiger partial charge in [-0.25, -0.2) is 9.82 Å². The van der Waals surface area contributed by atoms with E-state index >= 15 is 0 Å². The van der Waals surface area contributed by atoms with Crippen molar-refractivity contribution >= 4 is 28.1 Å². The van der Waals surface area contributed by atoms with E-state index in [2.05, 4.69) is 26.5 Å². The Labute approximate surface area is 187 Å². The van der Waals surface area contributed by atoms with Crippen LogP contribution in [0.1, 0.15) is 21.5 Å². The maximum absolute atomic E-state index is 13.8. The molecule has 8 heteroatoms. The lowest BCUT2D eigenvalue weighted by Gasteiger charge is -2.10. The molecule has 3 rings (SSSR count). The molecule has 1 N–H and O–H groups in total. The van der Waals surface area contributed by atoms with Crippen molar-refractivity contribution in [3.05, 3.63) is 87.6 Å². The van der Waals surface area contributed by atoms with Crippen LogP contribution in [0.2, 0.25) is 0 Å². The zero-order valence-electron chi connectivity index (χ0n) is 16.9. The molecule has 0 aliphatic carbocycles. The van der Waals surface area contributed by atoms with Gasteiger partial charge in [-0.05, 0) is 42.5 Å². The first-order valence-corrected chi connectivity index (χ1v) is 10.0. The van der Waals surface area contributed by atoms with Gasteiger partial charge in [0.2, 0.25) is 0 Å². The molecule has 0 aromatic heterocycles. The molecule has 3 aromatic rings. The predicted molar refractivity (Wildman–Crippen MR) is 119 cm³/mol. The Morgan fingerprint density at radius 1 is 1.03 bits per heavy atom. The van der Waals surface area contributed by atoms with E-state index in [1.54, 1.807) is 54.6 Å². The van der Waals surface area contributed by atoms with E-state index in [1.807, 2.05) is 0 Å². The van der Waals surface area contributed by atoms with E-state index in [4.69, 9.17) is 14.2 Å². The van der Waals surface area contributed by atoms with Crippen LogP contribution >= 0.6 is 15.9 Å². The third-order valence-corrected chi connectivity index (χ3v) is 4.82. The van der Waals surface area contributed by atoms with Crippen LogP contribution in [-0.4, -0.2) is 26.3 Å². The molecule has 6 nitrogen and oxygen atoms in total. The fourth-order valence-electron chi connectivity index (χ4n) is 2.73. The molecule has 0 saturated carbocycles. The van der Waals surface area contributed by atoms with Crippen LogP contribution in [0.3, 0.4) is 0 Å². The number of hydrogen-bond donors (Lipinski definition) is 1. The van der Waals surface area contributed by atoms with E-state index in [-0.39, 0.29) is 12.4 Å². The Morgan fingerprint density at radius 2 is 1.77 bits per heavy atom. The number of ether oxygens (including phenoxy) is 3. The highest BCUT2D eigenvalue weighted by molar-refractivity contribution is 9.10. The maximum atomic E-state index is 13.8. The van der Waals surface area contributed by atoms with Gasteiger partial charge in [0, 0.05) is 21.2 Å². The molecule has 0 atom stereocenters. The van der Waals surface area contributed by atoms with Gasteiger partial charge in [-0.3, -0.25) is 4.79 Å². The van der Waals surface area contributed by atoms with Crippen LogP contribution in [0.4, 0.5) is 4.39 Å². The molecular formula is C23H20BrFN2O4. The zero-order chi connectivity index (χ0) is 22.2. The minimum atomic E-state index is -0.416. The van der Waals surface area contributed by atoms with Crippen molar-refractivity contribution in [2.24, 2.45) is 5.10 Å². The zero-order valence-corrected chi connectivity index (χ0v) is 18.5. The van der Waals surface area contributed by atoms with E-state index < -0.39 is 5.91 Å². The number of carbonyl (C=O) groups excluding carboxylic acids is 1. The maximum Gasteiger partial charge on any atom is 0.271 e. The molecule has 0 heterocycles. The third kappa shape index (κ3) is 5.82. The minimum absolute atomic E-state index is 0.0626. The summed E-state index contributed by atoms with van der Waals surface area (Å²) in [7, 11) is 3.01. The van der Waals surface area contributed by atoms with E-state index in [0.717, 1.165) is 4.47 Å². The number of amides is 1. The summed E-state index contributed by atoms with van der Waals surface area (Å²) in [5.74, 6) is 0.705. The number of methoxy groups -OCH3 is 2. The molecule has 1 amide bonds. The smallest absolute Gasteiger partial charge is 0.271 e. The topological polar surface area (TPSA) is 69.2 Å². The number of nitrogens with one attached hydrogen (secondary N) is 1. The second-order valence-corrected chi connectivity index (χ2v) is 7.25. The summed E-state index contributed by atoms with van der Waals surface area (Å²) < 4.78 is 30.8. The van der Waals surface area contributed by atoms with Gasteiger partial charge in [0.1, 0.15) is 18.2 Å². The van der Waals surface area contributed by atoms with Crippen molar-refractivity contribution < 1.29 is 23.4 Å². The van der Waals surface area contributed by atoms with Gasteiger partial charge in [-0.2, -0.15) is 5.10 Å². The second-order valence-electron chi connectivity index (χ2n) is 6.33. The lowest BCUT2D eigenvalue weighted by Crippen LogP contribution is -2.17. The molecule has 0 unspecified atom stereocenters. The number of rotatable bonds is 8. The van der Waals surface area contributed by atoms with Crippen molar-refractivity contribution in [3.63, 3.8) is 0 Å². The van der Waals surface area contributed by atoms with Crippen molar-refractivity contribution in [2.45, 2.75) is 6.61 Å². The Hall–Kier alpha value is -3.39. The van der Waals surface area contributed by atoms with Crippen molar-refractivity contribution in [1.29, 1.82) is 0 Å². The lowest BCUT2D eigenvalue weighted by atomic mass is 10.2. The summed E-state index contributed by atoms with van der Waals surface area (Å²) in [4.78, 5) is 12.4. The van der Waals surface area contributed by atoms with Crippen LogP contribution in [-0.2, 0) is 6.61 Å². The van der Waals surface area contributed by atoms with E-state index in [0.29, 0.717) is 33.9 Å². The van der Waals surface area contributed by atoms with Crippen molar-refractivity contribution in [2.75, 3.05) is 14.2 Å². The predicted octanol–water partition coefficient (Wildman–Crippen LogP) is 4.95.